The molecule has 0 aliphatic carbocycles. The van der Waals surface area contributed by atoms with Crippen LogP contribution in [-0.4, -0.2) is 87.4 Å². The summed E-state index contributed by atoms with van der Waals surface area (Å²) < 4.78 is 22.8. The molecule has 0 saturated carbocycles. The van der Waals surface area contributed by atoms with Gasteiger partial charge in [0, 0.05) is 12.8 Å². The zero-order valence-electron chi connectivity index (χ0n) is 54.8. The van der Waals surface area contributed by atoms with E-state index < -0.39 is 30.3 Å². The zero-order valence-corrected chi connectivity index (χ0v) is 54.8. The minimum Gasteiger partial charge on any atom is -0.477 e. The van der Waals surface area contributed by atoms with Crippen molar-refractivity contribution >= 4 is 17.9 Å². The maximum atomic E-state index is 12.9. The molecule has 0 aromatic rings. The molecule has 1 N–H and O–H groups in total. The maximum Gasteiger partial charge on any atom is 0.361 e. The van der Waals surface area contributed by atoms with Gasteiger partial charge >= 0.3 is 17.9 Å². The summed E-state index contributed by atoms with van der Waals surface area (Å²) in [5.41, 5.74) is 0. The van der Waals surface area contributed by atoms with E-state index in [1.165, 1.54) is 0 Å². The first-order chi connectivity index (χ1) is 42.6. The Morgan fingerprint density at radius 1 is 0.345 bits per heavy atom. The molecule has 0 radical (unpaired) electrons. The first-order valence-electron chi connectivity index (χ1n) is 32.9. The van der Waals surface area contributed by atoms with Gasteiger partial charge in [-0.1, -0.05) is 245 Å². The van der Waals surface area contributed by atoms with Crippen LogP contribution in [0.5, 0.6) is 0 Å². The molecule has 2 unspecified atom stereocenters. The monoisotopic (exact) mass is 1200 g/mol. The lowest BCUT2D eigenvalue weighted by molar-refractivity contribution is -0.870. The van der Waals surface area contributed by atoms with Crippen molar-refractivity contribution in [2.45, 2.75) is 206 Å². The van der Waals surface area contributed by atoms with Crippen molar-refractivity contribution in [2.24, 2.45) is 0 Å². The van der Waals surface area contributed by atoms with Gasteiger partial charge in [0.25, 0.3) is 6.29 Å². The molecule has 0 saturated heterocycles. The standard InChI is InChI=1S/C78H117NO8/c1-6-8-10-12-14-16-18-20-22-24-26-28-30-31-32-33-34-35-36-37-38-39-40-41-42-43-44-45-47-49-51-53-55-57-59-61-63-65-67-69-76(81)87-74(73-86-78(77(82)83)84-71-70-79(3,4)5)72-85-75(80)68-66-64-62-60-58-56-54-52-50-48-46-29-27-25-23-21-19-17-15-13-11-9-7-2/h8-11,14-17,20-23,26-29,31-32,34-35,37-38,40-41,43-44,47-50,53-56,59,61,74,78H,6-7,12-13,18-19,24-25,30,33,36,39,42,45-46,51-52,57-58,60,62-73H2,1-5H3/p+1/b10-8-,11-9-,16-14-,17-15-,22-20-,23-21-,28-26-,29-27-,32-31-,35-34-,38-37-,41-40-,44-43-,49-47-,50-48-,55-53-,56-54-,61-59-. The molecule has 9 heteroatoms. The number of likely N-dealkylation sites (N-methyl/N-ethyl adjacent to an activating group) is 1. The summed E-state index contributed by atoms with van der Waals surface area (Å²) in [6.07, 6.45) is 102. The normalized spacial score (nSPS) is 14.2. The van der Waals surface area contributed by atoms with Crippen molar-refractivity contribution in [2.75, 3.05) is 47.5 Å². The Bertz CT molecular complexity index is 2230. The van der Waals surface area contributed by atoms with E-state index in [-0.39, 0.29) is 32.7 Å². The van der Waals surface area contributed by atoms with E-state index >= 15 is 0 Å². The second-order valence-corrected chi connectivity index (χ2v) is 22.0. The van der Waals surface area contributed by atoms with Gasteiger partial charge in [-0.15, -0.1) is 0 Å². The van der Waals surface area contributed by atoms with Crippen LogP contribution in [-0.2, 0) is 33.3 Å². The molecule has 87 heavy (non-hydrogen) atoms. The number of ether oxygens (including phenoxy) is 4. The Kier molecular flexibility index (Phi) is 60.8. The summed E-state index contributed by atoms with van der Waals surface area (Å²) in [6.45, 7) is 4.52. The minimum absolute atomic E-state index is 0.161. The number of aliphatic carboxylic acids is 1. The number of quaternary nitrogens is 1. The van der Waals surface area contributed by atoms with Crippen molar-refractivity contribution in [3.8, 4) is 0 Å². The number of carbonyl (C=O) groups is 3. The van der Waals surface area contributed by atoms with Crippen LogP contribution in [0.4, 0.5) is 0 Å². The largest absolute Gasteiger partial charge is 0.477 e. The van der Waals surface area contributed by atoms with Crippen molar-refractivity contribution in [1.29, 1.82) is 0 Å². The van der Waals surface area contributed by atoms with Gasteiger partial charge in [0.15, 0.2) is 6.10 Å². The number of nitrogens with zero attached hydrogens (tertiary/aromatic N) is 1. The van der Waals surface area contributed by atoms with Crippen LogP contribution < -0.4 is 0 Å². The molecule has 0 aromatic carbocycles. The Morgan fingerprint density at radius 2 is 0.621 bits per heavy atom. The fraction of sp³-hybridized carbons (Fsp3) is 0.500. The molecular formula is C78H118NO8+. The summed E-state index contributed by atoms with van der Waals surface area (Å²) in [5.74, 6) is -2.13. The van der Waals surface area contributed by atoms with Crippen LogP contribution >= 0.6 is 0 Å². The second-order valence-electron chi connectivity index (χ2n) is 22.0. The summed E-state index contributed by atoms with van der Waals surface area (Å²) >= 11 is 0. The van der Waals surface area contributed by atoms with Gasteiger partial charge in [0.2, 0.25) is 0 Å². The van der Waals surface area contributed by atoms with E-state index in [9.17, 15) is 19.5 Å². The van der Waals surface area contributed by atoms with E-state index in [0.29, 0.717) is 23.9 Å². The molecule has 0 aromatic heterocycles. The molecule has 0 aliphatic rings. The minimum atomic E-state index is -1.55. The number of carboxylic acid groups (broad SMARTS) is 1. The van der Waals surface area contributed by atoms with Crippen LogP contribution in [0.15, 0.2) is 219 Å². The van der Waals surface area contributed by atoms with Crippen molar-refractivity contribution in [3.63, 3.8) is 0 Å². The number of hydrogen-bond donors (Lipinski definition) is 1. The van der Waals surface area contributed by atoms with Crippen LogP contribution in [0.25, 0.3) is 0 Å². The van der Waals surface area contributed by atoms with Crippen LogP contribution in [0.1, 0.15) is 194 Å². The number of esters is 2. The Morgan fingerprint density at radius 3 is 0.931 bits per heavy atom. The van der Waals surface area contributed by atoms with Crippen molar-refractivity contribution in [3.05, 3.63) is 219 Å². The van der Waals surface area contributed by atoms with Crippen LogP contribution in [0.3, 0.4) is 0 Å². The highest BCUT2D eigenvalue weighted by atomic mass is 16.7. The predicted octanol–water partition coefficient (Wildman–Crippen LogP) is 20.6. The highest BCUT2D eigenvalue weighted by Crippen LogP contribution is 2.11. The average molecular weight is 1200 g/mol. The molecule has 9 nitrogen and oxygen atoms in total. The van der Waals surface area contributed by atoms with Gasteiger partial charge in [-0.05, 0) is 154 Å². The Balaban J connectivity index is 4.37. The summed E-state index contributed by atoms with van der Waals surface area (Å²) in [7, 11) is 5.93. The average Bonchev–Trinajstić information content (AvgIpc) is 3.55. The summed E-state index contributed by atoms with van der Waals surface area (Å²) in [6, 6.07) is 0. The number of carboxylic acids is 1. The quantitative estimate of drug-likeness (QED) is 0.0211. The number of allylic oxidation sites excluding steroid dienone is 36. The van der Waals surface area contributed by atoms with Crippen LogP contribution in [0.2, 0.25) is 0 Å². The SMILES string of the molecule is CC/C=C\C/C=C\C/C=C\C/C=C\C/C=C\C/C=C\C/C=C\C/C=C\C/C=C\C/C=C\C/C=C\C/C=C\CCCCC(=O)OC(COC(=O)CCCCCC/C=C\C/C=C\C/C=C\C/C=C\C/C=C\C/C=C\CC)COC(OCC[N+](C)(C)C)C(=O)O. The summed E-state index contributed by atoms with van der Waals surface area (Å²) in [5, 5.41) is 9.73. The molecule has 0 spiro atoms. The lowest BCUT2D eigenvalue weighted by atomic mass is 10.1. The molecule has 0 rings (SSSR count). The molecule has 0 bridgehead atoms. The van der Waals surface area contributed by atoms with Crippen LogP contribution in [0, 0.1) is 0 Å². The third-order valence-electron chi connectivity index (χ3n) is 12.7. The summed E-state index contributed by atoms with van der Waals surface area (Å²) in [4.78, 5) is 37.5. The Hall–Kier alpha value is -6.39. The van der Waals surface area contributed by atoms with Gasteiger partial charge < -0.3 is 28.5 Å². The molecule has 0 heterocycles. The van der Waals surface area contributed by atoms with Gasteiger partial charge in [0.05, 0.1) is 34.4 Å². The lowest BCUT2D eigenvalue weighted by Gasteiger charge is -2.25. The third kappa shape index (κ3) is 67.0. The second kappa shape index (κ2) is 65.6. The highest BCUT2D eigenvalue weighted by molar-refractivity contribution is 5.71. The molecule has 2 atom stereocenters. The number of carbonyl (C=O) groups excluding carboxylic acids is 2. The number of unbranched alkanes of at least 4 members (excludes halogenated alkanes) is 6. The van der Waals surface area contributed by atoms with E-state index in [4.69, 9.17) is 18.9 Å². The number of rotatable bonds is 57. The van der Waals surface area contributed by atoms with E-state index in [0.717, 1.165) is 154 Å². The van der Waals surface area contributed by atoms with E-state index in [2.05, 4.69) is 233 Å². The molecule has 482 valence electrons. The zero-order chi connectivity index (χ0) is 63.3. The highest BCUT2D eigenvalue weighted by Gasteiger charge is 2.25. The molecule has 0 fully saturated rings. The van der Waals surface area contributed by atoms with Crippen molar-refractivity contribution in [1.82, 2.24) is 0 Å². The van der Waals surface area contributed by atoms with Gasteiger partial charge in [-0.2, -0.15) is 0 Å². The predicted molar refractivity (Wildman–Crippen MR) is 372 cm³/mol. The third-order valence-corrected chi connectivity index (χ3v) is 12.7. The number of hydrogen-bond acceptors (Lipinski definition) is 7. The fourth-order valence-electron chi connectivity index (χ4n) is 7.76. The fourth-order valence-corrected chi connectivity index (χ4v) is 7.76. The van der Waals surface area contributed by atoms with E-state index in [1.54, 1.807) is 0 Å². The first-order valence-corrected chi connectivity index (χ1v) is 32.9. The smallest absolute Gasteiger partial charge is 0.361 e. The lowest BCUT2D eigenvalue weighted by Crippen LogP contribution is -2.40. The van der Waals surface area contributed by atoms with Gasteiger partial charge in [0.1, 0.15) is 13.2 Å². The van der Waals surface area contributed by atoms with Gasteiger partial charge in [-0.25, -0.2) is 4.79 Å². The van der Waals surface area contributed by atoms with E-state index in [1.807, 2.05) is 21.1 Å². The van der Waals surface area contributed by atoms with Gasteiger partial charge in [-0.3, -0.25) is 9.59 Å². The Labute approximate surface area is 530 Å². The molecular weight excluding hydrogens is 1080 g/mol. The van der Waals surface area contributed by atoms with Crippen molar-refractivity contribution < 1.29 is 42.9 Å². The molecule has 0 amide bonds. The molecule has 0 aliphatic heterocycles. The maximum absolute atomic E-state index is 12.9. The topological polar surface area (TPSA) is 108 Å². The first kappa shape index (κ1) is 80.6.